The van der Waals surface area contributed by atoms with Crippen molar-refractivity contribution in [2.24, 2.45) is 11.8 Å². The van der Waals surface area contributed by atoms with Crippen molar-refractivity contribution in [1.82, 2.24) is 5.09 Å². The zero-order valence-corrected chi connectivity index (χ0v) is 19.0. The van der Waals surface area contributed by atoms with Crippen molar-refractivity contribution in [3.8, 4) is 0 Å². The lowest BCUT2D eigenvalue weighted by Crippen LogP contribution is -2.61. The van der Waals surface area contributed by atoms with Crippen molar-refractivity contribution >= 4 is 14.7 Å². The fourth-order valence-electron chi connectivity index (χ4n) is 5.25. The Bertz CT molecular complexity index is 528. The van der Waals surface area contributed by atoms with Gasteiger partial charge in [-0.15, -0.1) is 0 Å². The molecule has 1 N–H and O–H groups in total. The van der Waals surface area contributed by atoms with Crippen LogP contribution in [0.2, 0.25) is 0 Å². The SMILES string of the molecule is CC1C(C)(C)P(=O)(NCCOP2(=O)C(C)(C)C(C)C2(C)C)C1(C)C. The highest BCUT2D eigenvalue weighted by atomic mass is 31.2. The Morgan fingerprint density at radius 3 is 1.58 bits per heavy atom. The molecule has 6 heteroatoms. The van der Waals surface area contributed by atoms with Crippen molar-refractivity contribution in [3.63, 3.8) is 0 Å². The Hall–Kier alpha value is 0.380. The molecule has 0 bridgehead atoms. The number of hydrogen-bond donors (Lipinski definition) is 1. The largest absolute Gasteiger partial charge is 0.326 e. The summed E-state index contributed by atoms with van der Waals surface area (Å²) in [7, 11) is -5.26. The highest BCUT2D eigenvalue weighted by molar-refractivity contribution is 7.67. The summed E-state index contributed by atoms with van der Waals surface area (Å²) in [6, 6.07) is 0. The highest BCUT2D eigenvalue weighted by Crippen LogP contribution is 2.82. The van der Waals surface area contributed by atoms with Crippen LogP contribution in [0.15, 0.2) is 0 Å². The van der Waals surface area contributed by atoms with E-state index in [2.05, 4.69) is 46.6 Å². The molecule has 0 aliphatic carbocycles. The normalized spacial score (nSPS) is 44.4. The predicted molar refractivity (Wildman–Crippen MR) is 104 cm³/mol. The minimum Gasteiger partial charge on any atom is -0.326 e. The molecule has 0 radical (unpaired) electrons. The maximum atomic E-state index is 13.5. The molecule has 2 rings (SSSR count). The molecule has 2 aliphatic rings. The minimum absolute atomic E-state index is 0.204. The summed E-state index contributed by atoms with van der Waals surface area (Å²) in [5, 5.41) is 2.32. The summed E-state index contributed by atoms with van der Waals surface area (Å²) >= 11 is 0. The van der Waals surface area contributed by atoms with Gasteiger partial charge < -0.3 is 9.09 Å². The van der Waals surface area contributed by atoms with Gasteiger partial charge in [0.15, 0.2) is 7.29 Å². The lowest BCUT2D eigenvalue weighted by molar-refractivity contribution is 0.181. The van der Waals surface area contributed by atoms with Gasteiger partial charge in [0, 0.05) is 27.2 Å². The van der Waals surface area contributed by atoms with E-state index in [9.17, 15) is 9.13 Å². The van der Waals surface area contributed by atoms with E-state index in [1.165, 1.54) is 0 Å². The number of nitrogens with one attached hydrogen (secondary N) is 1. The summed E-state index contributed by atoms with van der Waals surface area (Å²) in [6.45, 7) is 21.7. The van der Waals surface area contributed by atoms with Gasteiger partial charge in [-0.3, -0.25) is 9.65 Å². The first-order valence-electron chi connectivity index (χ1n) is 9.12. The summed E-state index contributed by atoms with van der Waals surface area (Å²) in [5.41, 5.74) is 0. The molecule has 0 aromatic carbocycles. The molecular formula is C18H37NO3P2. The Morgan fingerprint density at radius 1 is 0.792 bits per heavy atom. The molecule has 2 aliphatic heterocycles. The molecule has 2 fully saturated rings. The van der Waals surface area contributed by atoms with E-state index in [4.69, 9.17) is 4.52 Å². The van der Waals surface area contributed by atoms with E-state index < -0.39 is 14.7 Å². The monoisotopic (exact) mass is 377 g/mol. The number of hydrogen-bond acceptors (Lipinski definition) is 3. The topological polar surface area (TPSA) is 55.4 Å². The van der Waals surface area contributed by atoms with E-state index in [1.807, 2.05) is 27.7 Å². The van der Waals surface area contributed by atoms with Gasteiger partial charge in [0.1, 0.15) is 0 Å². The zero-order valence-electron chi connectivity index (χ0n) is 17.2. The van der Waals surface area contributed by atoms with Crippen molar-refractivity contribution in [1.29, 1.82) is 0 Å². The van der Waals surface area contributed by atoms with E-state index in [0.717, 1.165) is 0 Å². The van der Waals surface area contributed by atoms with Gasteiger partial charge in [0.05, 0.1) is 6.61 Å². The van der Waals surface area contributed by atoms with Crippen LogP contribution in [-0.4, -0.2) is 33.8 Å². The van der Waals surface area contributed by atoms with Gasteiger partial charge in [-0.05, 0) is 11.8 Å². The third-order valence-electron chi connectivity index (χ3n) is 8.09. The molecule has 0 spiro atoms. The first kappa shape index (κ1) is 20.7. The van der Waals surface area contributed by atoms with Gasteiger partial charge in [-0.25, -0.2) is 0 Å². The second-order valence-corrected chi connectivity index (χ2v) is 17.5. The Kier molecular flexibility index (Phi) is 4.69. The van der Waals surface area contributed by atoms with E-state index in [1.54, 1.807) is 0 Å². The van der Waals surface area contributed by atoms with Crippen molar-refractivity contribution in [3.05, 3.63) is 0 Å². The average molecular weight is 377 g/mol. The Morgan fingerprint density at radius 2 is 1.17 bits per heavy atom. The Labute approximate surface area is 148 Å². The fourth-order valence-corrected chi connectivity index (χ4v) is 13.5. The number of rotatable bonds is 5. The Balaban J connectivity index is 2.00. The molecule has 24 heavy (non-hydrogen) atoms. The summed E-state index contributed by atoms with van der Waals surface area (Å²) < 4.78 is 32.8. The van der Waals surface area contributed by atoms with E-state index >= 15 is 0 Å². The van der Waals surface area contributed by atoms with Crippen LogP contribution in [0.4, 0.5) is 0 Å². The molecule has 142 valence electrons. The smallest absolute Gasteiger partial charge is 0.214 e. The lowest BCUT2D eigenvalue weighted by Gasteiger charge is -2.63. The lowest BCUT2D eigenvalue weighted by atomic mass is 9.83. The van der Waals surface area contributed by atoms with E-state index in [-0.39, 0.29) is 20.6 Å². The van der Waals surface area contributed by atoms with Crippen LogP contribution < -0.4 is 5.09 Å². The second-order valence-electron chi connectivity index (χ2n) is 9.96. The van der Waals surface area contributed by atoms with Crippen molar-refractivity contribution in [2.75, 3.05) is 13.2 Å². The van der Waals surface area contributed by atoms with Crippen LogP contribution in [0.5, 0.6) is 0 Å². The van der Waals surface area contributed by atoms with Crippen molar-refractivity contribution in [2.45, 2.75) is 89.9 Å². The van der Waals surface area contributed by atoms with Crippen LogP contribution in [0.25, 0.3) is 0 Å². The summed E-state index contributed by atoms with van der Waals surface area (Å²) in [6.07, 6.45) is 0. The van der Waals surface area contributed by atoms with Crippen LogP contribution in [0.3, 0.4) is 0 Å². The second kappa shape index (κ2) is 5.44. The molecule has 0 saturated carbocycles. The van der Waals surface area contributed by atoms with Crippen molar-refractivity contribution < 1.29 is 13.7 Å². The first-order chi connectivity index (χ1) is 10.5. The van der Waals surface area contributed by atoms with Gasteiger partial charge in [0.25, 0.3) is 0 Å². The third-order valence-corrected chi connectivity index (χ3v) is 17.1. The molecule has 0 aromatic heterocycles. The predicted octanol–water partition coefficient (Wildman–Crippen LogP) is 5.56. The van der Waals surface area contributed by atoms with Crippen LogP contribution >= 0.6 is 14.7 Å². The zero-order chi connectivity index (χ0) is 19.0. The van der Waals surface area contributed by atoms with Crippen LogP contribution in [0, 0.1) is 11.8 Å². The molecule has 2 heterocycles. The molecule has 2 saturated heterocycles. The maximum Gasteiger partial charge on any atom is 0.214 e. The molecule has 0 atom stereocenters. The maximum absolute atomic E-state index is 13.5. The molecule has 0 amide bonds. The third kappa shape index (κ3) is 2.13. The summed E-state index contributed by atoms with van der Waals surface area (Å²) in [4.78, 5) is 0. The molecule has 0 unspecified atom stereocenters. The van der Waals surface area contributed by atoms with Gasteiger partial charge in [-0.2, -0.15) is 0 Å². The van der Waals surface area contributed by atoms with Gasteiger partial charge >= 0.3 is 0 Å². The van der Waals surface area contributed by atoms with Gasteiger partial charge in [0.2, 0.25) is 7.37 Å². The highest BCUT2D eigenvalue weighted by Gasteiger charge is 2.70. The fraction of sp³-hybridized carbons (Fsp3) is 1.00. The standard InChI is InChI=1S/C18H37NO3P2/c1-13-15(3,4)23(20,16(13,5)6)19-11-12-22-24(21)17(7,8)14(2)18(24,9)10/h13-14H,11-12H2,1-10H3,(H,19,20). The minimum atomic E-state index is -2.73. The van der Waals surface area contributed by atoms with Crippen LogP contribution in [-0.2, 0) is 13.7 Å². The molecule has 4 nitrogen and oxygen atoms in total. The first-order valence-corrected chi connectivity index (χ1v) is 12.4. The van der Waals surface area contributed by atoms with Gasteiger partial charge in [-0.1, -0.05) is 69.2 Å². The quantitative estimate of drug-likeness (QED) is 0.503. The molecule has 0 aromatic rings. The summed E-state index contributed by atoms with van der Waals surface area (Å²) in [5.74, 6) is 0.750. The molecular weight excluding hydrogens is 340 g/mol. The average Bonchev–Trinajstić information content (AvgIpc) is 2.47. The van der Waals surface area contributed by atoms with E-state index in [0.29, 0.717) is 25.0 Å². The van der Waals surface area contributed by atoms with Crippen LogP contribution in [0.1, 0.15) is 69.2 Å².